The predicted octanol–water partition coefficient (Wildman–Crippen LogP) is 2.00. The van der Waals surface area contributed by atoms with Crippen molar-refractivity contribution in [2.45, 2.75) is 19.8 Å². The molecule has 0 amide bonds. The summed E-state index contributed by atoms with van der Waals surface area (Å²) in [5.41, 5.74) is 6.92. The molecule has 15 heavy (non-hydrogen) atoms. The Hall–Kier alpha value is -1.51. The number of hydrogen-bond donors (Lipinski definition) is 1. The molecule has 0 aliphatic rings. The number of aliphatic imine (C=N–C) groups is 1. The standard InChI is InChI=1S/C12H18N2O/c1-3-7-14-12(13)9-10-5-4-6-11(8-10)15-2/h4-6,8H,3,7,9H2,1-2H3,(H2,13,14). The third kappa shape index (κ3) is 4.02. The van der Waals surface area contributed by atoms with Crippen molar-refractivity contribution in [3.63, 3.8) is 0 Å². The molecule has 0 aliphatic heterocycles. The monoisotopic (exact) mass is 206 g/mol. The largest absolute Gasteiger partial charge is 0.497 e. The van der Waals surface area contributed by atoms with Gasteiger partial charge in [0.25, 0.3) is 0 Å². The van der Waals surface area contributed by atoms with Crippen molar-refractivity contribution in [3.05, 3.63) is 29.8 Å². The predicted molar refractivity (Wildman–Crippen MR) is 63.5 cm³/mol. The topological polar surface area (TPSA) is 47.6 Å². The summed E-state index contributed by atoms with van der Waals surface area (Å²) in [4.78, 5) is 4.25. The minimum absolute atomic E-state index is 0.685. The van der Waals surface area contributed by atoms with Crippen LogP contribution in [-0.4, -0.2) is 19.5 Å². The maximum Gasteiger partial charge on any atom is 0.119 e. The Morgan fingerprint density at radius 1 is 1.47 bits per heavy atom. The van der Waals surface area contributed by atoms with Crippen LogP contribution in [0.2, 0.25) is 0 Å². The third-order valence-corrected chi connectivity index (χ3v) is 2.06. The fourth-order valence-electron chi connectivity index (χ4n) is 1.30. The van der Waals surface area contributed by atoms with E-state index in [1.807, 2.05) is 24.3 Å². The van der Waals surface area contributed by atoms with Crippen LogP contribution < -0.4 is 10.5 Å². The fraction of sp³-hybridized carbons (Fsp3) is 0.417. The Morgan fingerprint density at radius 2 is 2.27 bits per heavy atom. The van der Waals surface area contributed by atoms with Gasteiger partial charge in [0, 0.05) is 13.0 Å². The lowest BCUT2D eigenvalue weighted by Gasteiger charge is -2.04. The van der Waals surface area contributed by atoms with E-state index in [1.165, 1.54) is 0 Å². The number of methoxy groups -OCH3 is 1. The molecule has 82 valence electrons. The van der Waals surface area contributed by atoms with Crippen molar-refractivity contribution in [1.29, 1.82) is 0 Å². The second-order valence-electron chi connectivity index (χ2n) is 3.40. The second kappa shape index (κ2) is 6.06. The van der Waals surface area contributed by atoms with Gasteiger partial charge in [-0.05, 0) is 24.1 Å². The minimum atomic E-state index is 0.685. The van der Waals surface area contributed by atoms with Gasteiger partial charge in [0.1, 0.15) is 5.75 Å². The van der Waals surface area contributed by atoms with Crippen molar-refractivity contribution in [2.24, 2.45) is 10.7 Å². The van der Waals surface area contributed by atoms with Crippen LogP contribution in [-0.2, 0) is 6.42 Å². The highest BCUT2D eigenvalue weighted by molar-refractivity contribution is 5.82. The Bertz CT molecular complexity index is 334. The highest BCUT2D eigenvalue weighted by Crippen LogP contribution is 2.12. The van der Waals surface area contributed by atoms with E-state index >= 15 is 0 Å². The zero-order chi connectivity index (χ0) is 11.1. The average Bonchev–Trinajstić information content (AvgIpc) is 2.26. The van der Waals surface area contributed by atoms with Gasteiger partial charge in [-0.15, -0.1) is 0 Å². The summed E-state index contributed by atoms with van der Waals surface area (Å²) < 4.78 is 5.14. The number of rotatable bonds is 5. The second-order valence-corrected chi connectivity index (χ2v) is 3.40. The molecule has 0 aliphatic carbocycles. The molecule has 3 heteroatoms. The fourth-order valence-corrected chi connectivity index (χ4v) is 1.30. The Morgan fingerprint density at radius 3 is 2.93 bits per heavy atom. The van der Waals surface area contributed by atoms with Gasteiger partial charge in [-0.3, -0.25) is 4.99 Å². The van der Waals surface area contributed by atoms with E-state index in [9.17, 15) is 0 Å². The summed E-state index contributed by atoms with van der Waals surface area (Å²) in [6.07, 6.45) is 1.72. The molecule has 3 nitrogen and oxygen atoms in total. The van der Waals surface area contributed by atoms with Gasteiger partial charge in [-0.2, -0.15) is 0 Å². The van der Waals surface area contributed by atoms with Crippen molar-refractivity contribution in [2.75, 3.05) is 13.7 Å². The van der Waals surface area contributed by atoms with E-state index in [0.717, 1.165) is 24.3 Å². The van der Waals surface area contributed by atoms with Crippen molar-refractivity contribution in [3.8, 4) is 5.75 Å². The first-order chi connectivity index (χ1) is 7.26. The van der Waals surface area contributed by atoms with Gasteiger partial charge in [-0.25, -0.2) is 0 Å². The van der Waals surface area contributed by atoms with Crippen LogP contribution in [0.5, 0.6) is 5.75 Å². The van der Waals surface area contributed by atoms with E-state index in [0.29, 0.717) is 12.3 Å². The van der Waals surface area contributed by atoms with E-state index in [2.05, 4.69) is 11.9 Å². The molecule has 0 heterocycles. The zero-order valence-electron chi connectivity index (χ0n) is 9.36. The third-order valence-electron chi connectivity index (χ3n) is 2.06. The lowest BCUT2D eigenvalue weighted by molar-refractivity contribution is 0.414. The molecule has 0 saturated carbocycles. The summed E-state index contributed by atoms with van der Waals surface area (Å²) in [5, 5.41) is 0. The summed E-state index contributed by atoms with van der Waals surface area (Å²) in [5.74, 6) is 1.54. The van der Waals surface area contributed by atoms with Crippen molar-refractivity contribution in [1.82, 2.24) is 0 Å². The molecule has 1 rings (SSSR count). The van der Waals surface area contributed by atoms with Gasteiger partial charge in [0.05, 0.1) is 12.9 Å². The summed E-state index contributed by atoms with van der Waals surface area (Å²) >= 11 is 0. The van der Waals surface area contributed by atoms with Gasteiger partial charge in [-0.1, -0.05) is 19.1 Å². The molecule has 0 spiro atoms. The molecular weight excluding hydrogens is 188 g/mol. The van der Waals surface area contributed by atoms with Crippen LogP contribution in [0.15, 0.2) is 29.3 Å². The number of ether oxygens (including phenoxy) is 1. The first-order valence-electron chi connectivity index (χ1n) is 5.18. The minimum Gasteiger partial charge on any atom is -0.497 e. The van der Waals surface area contributed by atoms with Crippen LogP contribution in [0, 0.1) is 0 Å². The number of amidine groups is 1. The number of benzene rings is 1. The van der Waals surface area contributed by atoms with E-state index in [4.69, 9.17) is 10.5 Å². The average molecular weight is 206 g/mol. The number of nitrogens with zero attached hydrogens (tertiary/aromatic N) is 1. The molecule has 0 fully saturated rings. The zero-order valence-corrected chi connectivity index (χ0v) is 9.36. The first-order valence-corrected chi connectivity index (χ1v) is 5.18. The van der Waals surface area contributed by atoms with E-state index < -0.39 is 0 Å². The lowest BCUT2D eigenvalue weighted by Crippen LogP contribution is -2.15. The van der Waals surface area contributed by atoms with Gasteiger partial charge in [0.2, 0.25) is 0 Å². The molecule has 0 aromatic heterocycles. The molecule has 1 aromatic carbocycles. The Kier molecular flexibility index (Phi) is 4.68. The van der Waals surface area contributed by atoms with Crippen LogP contribution in [0.1, 0.15) is 18.9 Å². The molecule has 2 N–H and O–H groups in total. The molecule has 0 saturated heterocycles. The molecular formula is C12H18N2O. The normalized spacial score (nSPS) is 11.5. The van der Waals surface area contributed by atoms with Gasteiger partial charge >= 0.3 is 0 Å². The SMILES string of the molecule is CCCN=C(N)Cc1cccc(OC)c1. The van der Waals surface area contributed by atoms with Crippen LogP contribution >= 0.6 is 0 Å². The Balaban J connectivity index is 2.63. The highest BCUT2D eigenvalue weighted by atomic mass is 16.5. The molecule has 0 unspecified atom stereocenters. The van der Waals surface area contributed by atoms with Gasteiger partial charge < -0.3 is 10.5 Å². The summed E-state index contributed by atoms with van der Waals surface area (Å²) in [7, 11) is 1.66. The number of hydrogen-bond acceptors (Lipinski definition) is 2. The van der Waals surface area contributed by atoms with Crippen LogP contribution in [0.25, 0.3) is 0 Å². The Labute approximate surface area is 91.0 Å². The van der Waals surface area contributed by atoms with Crippen LogP contribution in [0.4, 0.5) is 0 Å². The molecule has 0 bridgehead atoms. The summed E-state index contributed by atoms with van der Waals surface area (Å²) in [6.45, 7) is 2.89. The lowest BCUT2D eigenvalue weighted by atomic mass is 10.1. The first kappa shape index (κ1) is 11.6. The molecule has 1 aromatic rings. The smallest absolute Gasteiger partial charge is 0.119 e. The van der Waals surface area contributed by atoms with E-state index in [-0.39, 0.29) is 0 Å². The van der Waals surface area contributed by atoms with Crippen LogP contribution in [0.3, 0.4) is 0 Å². The molecule has 0 radical (unpaired) electrons. The number of nitrogens with two attached hydrogens (primary N) is 1. The van der Waals surface area contributed by atoms with Crippen molar-refractivity contribution < 1.29 is 4.74 Å². The van der Waals surface area contributed by atoms with E-state index in [1.54, 1.807) is 7.11 Å². The quantitative estimate of drug-likeness (QED) is 0.591. The summed E-state index contributed by atoms with van der Waals surface area (Å²) in [6, 6.07) is 7.88. The maximum atomic E-state index is 5.79. The molecule has 0 atom stereocenters. The van der Waals surface area contributed by atoms with Gasteiger partial charge in [0.15, 0.2) is 0 Å². The highest BCUT2D eigenvalue weighted by Gasteiger charge is 1.98. The maximum absolute atomic E-state index is 5.79. The van der Waals surface area contributed by atoms with Crippen molar-refractivity contribution >= 4 is 5.84 Å².